The molecule has 1 heterocycles. The fourth-order valence-electron chi connectivity index (χ4n) is 2.77. The molecule has 0 atom stereocenters. The predicted octanol–water partition coefficient (Wildman–Crippen LogP) is 0.712. The predicted molar refractivity (Wildman–Crippen MR) is 72.8 cm³/mol. The molecule has 1 aromatic rings. The van der Waals surface area contributed by atoms with E-state index in [9.17, 15) is 9.59 Å². The van der Waals surface area contributed by atoms with Gasteiger partial charge in [0.25, 0.3) is 5.91 Å². The molecule has 20 heavy (non-hydrogen) atoms. The Balaban J connectivity index is 2.05. The van der Waals surface area contributed by atoms with E-state index in [4.69, 9.17) is 5.11 Å². The summed E-state index contributed by atoms with van der Waals surface area (Å²) in [4.78, 5) is 31.4. The monoisotopic (exact) mass is 280 g/mol. The summed E-state index contributed by atoms with van der Waals surface area (Å²) in [6, 6.07) is 0. The van der Waals surface area contributed by atoms with Gasteiger partial charge < -0.3 is 20.3 Å². The number of carbonyl (C=O) groups excluding carboxylic acids is 1. The van der Waals surface area contributed by atoms with Gasteiger partial charge in [-0.05, 0) is 26.9 Å². The minimum atomic E-state index is -1.18. The van der Waals surface area contributed by atoms with Crippen LogP contribution in [0.5, 0.6) is 0 Å². The zero-order chi connectivity index (χ0) is 14.8. The number of likely N-dealkylation sites (N-methyl/N-ethyl adjacent to an activating group) is 1. The highest BCUT2D eigenvalue weighted by Crippen LogP contribution is 2.33. The van der Waals surface area contributed by atoms with E-state index in [2.05, 4.69) is 20.2 Å². The van der Waals surface area contributed by atoms with Gasteiger partial charge >= 0.3 is 5.97 Å². The summed E-state index contributed by atoms with van der Waals surface area (Å²) in [6.45, 7) is 0.505. The Morgan fingerprint density at radius 1 is 1.45 bits per heavy atom. The quantitative estimate of drug-likeness (QED) is 0.738. The van der Waals surface area contributed by atoms with Gasteiger partial charge in [0.1, 0.15) is 0 Å². The van der Waals surface area contributed by atoms with Crippen molar-refractivity contribution in [3.05, 3.63) is 17.7 Å². The van der Waals surface area contributed by atoms with Gasteiger partial charge in [-0.1, -0.05) is 12.8 Å². The van der Waals surface area contributed by atoms with Gasteiger partial charge in [0.2, 0.25) is 0 Å². The average Bonchev–Trinajstić information content (AvgIpc) is 3.05. The second kappa shape index (κ2) is 5.62. The van der Waals surface area contributed by atoms with Crippen molar-refractivity contribution in [3.8, 4) is 0 Å². The molecule has 0 aromatic carbocycles. The lowest BCUT2D eigenvalue weighted by molar-refractivity contribution is 0.0683. The first-order valence-corrected chi connectivity index (χ1v) is 6.68. The Kier molecular flexibility index (Phi) is 4.08. The molecule has 1 aliphatic carbocycles. The molecule has 2 rings (SSSR count). The van der Waals surface area contributed by atoms with Crippen molar-refractivity contribution >= 4 is 11.9 Å². The molecule has 3 N–H and O–H groups in total. The zero-order valence-corrected chi connectivity index (χ0v) is 11.8. The number of imidazole rings is 1. The number of hydrogen-bond donors (Lipinski definition) is 3. The van der Waals surface area contributed by atoms with E-state index in [1.807, 2.05) is 14.1 Å². The molecule has 1 saturated carbocycles. The van der Waals surface area contributed by atoms with Crippen LogP contribution in [0.1, 0.15) is 46.7 Å². The van der Waals surface area contributed by atoms with Gasteiger partial charge in [0, 0.05) is 12.1 Å². The number of carboxylic acid groups (broad SMARTS) is 1. The van der Waals surface area contributed by atoms with Gasteiger partial charge in [-0.25, -0.2) is 9.78 Å². The summed E-state index contributed by atoms with van der Waals surface area (Å²) in [7, 11) is 4.02. The van der Waals surface area contributed by atoms with E-state index in [0.29, 0.717) is 6.54 Å². The van der Waals surface area contributed by atoms with Gasteiger partial charge in [-0.2, -0.15) is 0 Å². The Morgan fingerprint density at radius 2 is 2.10 bits per heavy atom. The van der Waals surface area contributed by atoms with E-state index in [0.717, 1.165) is 25.7 Å². The smallest absolute Gasteiger partial charge is 0.354 e. The molecular weight excluding hydrogens is 260 g/mol. The van der Waals surface area contributed by atoms with Crippen LogP contribution >= 0.6 is 0 Å². The summed E-state index contributed by atoms with van der Waals surface area (Å²) in [6.07, 6.45) is 5.59. The summed E-state index contributed by atoms with van der Waals surface area (Å²) in [5.41, 5.74) is -0.271. The number of rotatable bonds is 5. The summed E-state index contributed by atoms with van der Waals surface area (Å²) < 4.78 is 0. The number of nitrogens with one attached hydrogen (secondary N) is 2. The Labute approximate surface area is 117 Å². The standard InChI is InChI=1S/C13H20N4O3/c1-17(2)13(5-3-4-6-13)7-14-11(18)9-10(12(19)20)16-8-15-9/h8H,3-7H2,1-2H3,(H,14,18)(H,15,16)(H,19,20). The largest absolute Gasteiger partial charge is 0.477 e. The highest BCUT2D eigenvalue weighted by molar-refractivity contribution is 6.02. The van der Waals surface area contributed by atoms with Crippen molar-refractivity contribution in [2.24, 2.45) is 0 Å². The SMILES string of the molecule is CN(C)C1(CNC(=O)c2nc[nH]c2C(=O)O)CCCC1. The van der Waals surface area contributed by atoms with Crippen molar-refractivity contribution in [2.45, 2.75) is 31.2 Å². The number of carboxylic acids is 1. The minimum absolute atomic E-state index is 0.0324. The first kappa shape index (κ1) is 14.5. The maximum absolute atomic E-state index is 12.1. The Bertz CT molecular complexity index is 503. The van der Waals surface area contributed by atoms with Crippen LogP contribution in [-0.2, 0) is 0 Å². The van der Waals surface area contributed by atoms with E-state index in [1.165, 1.54) is 6.33 Å². The molecule has 0 spiro atoms. The summed E-state index contributed by atoms with van der Waals surface area (Å²) in [5.74, 6) is -1.63. The number of nitrogens with zero attached hydrogens (tertiary/aromatic N) is 2. The van der Waals surface area contributed by atoms with Crippen LogP contribution in [0.15, 0.2) is 6.33 Å². The highest BCUT2D eigenvalue weighted by Gasteiger charge is 2.36. The molecule has 110 valence electrons. The van der Waals surface area contributed by atoms with Gasteiger partial charge in [0.15, 0.2) is 11.4 Å². The number of aromatic amines is 1. The molecule has 1 amide bonds. The van der Waals surface area contributed by atoms with Crippen LogP contribution < -0.4 is 5.32 Å². The third kappa shape index (κ3) is 2.67. The molecule has 1 fully saturated rings. The number of aromatic nitrogens is 2. The lowest BCUT2D eigenvalue weighted by Gasteiger charge is -2.36. The molecule has 1 aromatic heterocycles. The number of carbonyl (C=O) groups is 2. The first-order chi connectivity index (χ1) is 9.46. The van der Waals surface area contributed by atoms with Crippen molar-refractivity contribution in [2.75, 3.05) is 20.6 Å². The average molecular weight is 280 g/mol. The van der Waals surface area contributed by atoms with Crippen molar-refractivity contribution < 1.29 is 14.7 Å². The second-order valence-corrected chi connectivity index (χ2v) is 5.44. The van der Waals surface area contributed by atoms with E-state index < -0.39 is 11.9 Å². The van der Waals surface area contributed by atoms with E-state index in [-0.39, 0.29) is 16.9 Å². The lowest BCUT2D eigenvalue weighted by atomic mass is 9.96. The maximum Gasteiger partial charge on any atom is 0.354 e. The van der Waals surface area contributed by atoms with Crippen LogP contribution in [0, 0.1) is 0 Å². The Morgan fingerprint density at radius 3 is 2.65 bits per heavy atom. The van der Waals surface area contributed by atoms with E-state index >= 15 is 0 Å². The minimum Gasteiger partial charge on any atom is -0.477 e. The second-order valence-electron chi connectivity index (χ2n) is 5.44. The third-order valence-corrected chi connectivity index (χ3v) is 4.13. The number of aromatic carboxylic acids is 1. The Hall–Kier alpha value is -1.89. The molecule has 0 aliphatic heterocycles. The topological polar surface area (TPSA) is 98.3 Å². The van der Waals surface area contributed by atoms with Crippen molar-refractivity contribution in [3.63, 3.8) is 0 Å². The molecule has 0 saturated heterocycles. The summed E-state index contributed by atoms with van der Waals surface area (Å²) >= 11 is 0. The number of amides is 1. The number of H-pyrrole nitrogens is 1. The molecule has 0 bridgehead atoms. The van der Waals surface area contributed by atoms with Gasteiger partial charge in [-0.15, -0.1) is 0 Å². The molecule has 1 aliphatic rings. The van der Waals surface area contributed by atoms with Crippen LogP contribution in [0.2, 0.25) is 0 Å². The fraction of sp³-hybridized carbons (Fsp3) is 0.615. The van der Waals surface area contributed by atoms with Crippen molar-refractivity contribution in [1.82, 2.24) is 20.2 Å². The van der Waals surface area contributed by atoms with Crippen LogP contribution in [0.3, 0.4) is 0 Å². The molecule has 7 nitrogen and oxygen atoms in total. The zero-order valence-electron chi connectivity index (χ0n) is 11.8. The van der Waals surface area contributed by atoms with Gasteiger partial charge in [-0.3, -0.25) is 4.79 Å². The summed E-state index contributed by atoms with van der Waals surface area (Å²) in [5, 5.41) is 11.8. The van der Waals surface area contributed by atoms with Gasteiger partial charge in [0.05, 0.1) is 6.33 Å². The van der Waals surface area contributed by atoms with Crippen LogP contribution in [0.25, 0.3) is 0 Å². The fourth-order valence-corrected chi connectivity index (χ4v) is 2.77. The van der Waals surface area contributed by atoms with E-state index in [1.54, 1.807) is 0 Å². The maximum atomic E-state index is 12.1. The van der Waals surface area contributed by atoms with Crippen LogP contribution in [-0.4, -0.2) is 58.0 Å². The molecule has 0 radical (unpaired) electrons. The molecule has 7 heteroatoms. The normalized spacial score (nSPS) is 17.4. The molecule has 0 unspecified atom stereocenters. The highest BCUT2D eigenvalue weighted by atomic mass is 16.4. The lowest BCUT2D eigenvalue weighted by Crippen LogP contribution is -2.51. The first-order valence-electron chi connectivity index (χ1n) is 6.68. The number of hydrogen-bond acceptors (Lipinski definition) is 4. The molecular formula is C13H20N4O3. The van der Waals surface area contributed by atoms with Crippen LogP contribution in [0.4, 0.5) is 0 Å². The third-order valence-electron chi connectivity index (χ3n) is 4.13. The van der Waals surface area contributed by atoms with Crippen molar-refractivity contribution in [1.29, 1.82) is 0 Å².